The van der Waals surface area contributed by atoms with Crippen LogP contribution in [0.4, 0.5) is 13.2 Å². The molecule has 0 heterocycles. The largest absolute Gasteiger partial charge is 0.418 e. The van der Waals surface area contributed by atoms with E-state index in [9.17, 15) is 18.0 Å². The van der Waals surface area contributed by atoms with Crippen molar-refractivity contribution >= 4 is 44.4 Å². The van der Waals surface area contributed by atoms with Crippen LogP contribution in [0.3, 0.4) is 0 Å². The number of primary amides is 1. The van der Waals surface area contributed by atoms with Crippen molar-refractivity contribution in [1.29, 1.82) is 0 Å². The second-order valence-electron chi connectivity index (χ2n) is 2.65. The molecule has 2 nitrogen and oxygen atoms in total. The fourth-order valence-electron chi connectivity index (χ4n) is 1.03. The Morgan fingerprint density at radius 1 is 1.40 bits per heavy atom. The molecule has 0 unspecified atom stereocenters. The zero-order chi connectivity index (χ0) is 11.8. The maximum atomic E-state index is 12.6. The highest BCUT2D eigenvalue weighted by Gasteiger charge is 2.37. The summed E-state index contributed by atoms with van der Waals surface area (Å²) in [5.41, 5.74) is 3.31. The summed E-state index contributed by atoms with van der Waals surface area (Å²) >= 11 is 4.53. The van der Waals surface area contributed by atoms with Gasteiger partial charge in [-0.2, -0.15) is 13.2 Å². The maximum absolute atomic E-state index is 12.6. The molecule has 0 aliphatic rings. The minimum Gasteiger partial charge on any atom is -0.366 e. The number of carbonyl (C=O) groups excluding carboxylic acids is 1. The van der Waals surface area contributed by atoms with Crippen LogP contribution in [0.5, 0.6) is 0 Å². The van der Waals surface area contributed by atoms with Crippen molar-refractivity contribution in [1.82, 2.24) is 0 Å². The molecule has 0 aromatic heterocycles. The molecule has 7 heteroatoms. The molecule has 1 amide bonds. The Hall–Kier alpha value is -0.310. The lowest BCUT2D eigenvalue weighted by Gasteiger charge is -2.13. The number of alkyl halides is 3. The van der Waals surface area contributed by atoms with Crippen LogP contribution in [-0.2, 0) is 6.18 Å². The van der Waals surface area contributed by atoms with Crippen molar-refractivity contribution < 1.29 is 18.0 Å². The number of rotatable bonds is 1. The van der Waals surface area contributed by atoms with Crippen molar-refractivity contribution in [2.24, 2.45) is 5.73 Å². The molecular formula is C8H4BrF3INO. The third-order valence-corrected chi connectivity index (χ3v) is 4.11. The highest BCUT2D eigenvalue weighted by atomic mass is 127. The number of nitrogens with two attached hydrogens (primary N) is 1. The summed E-state index contributed by atoms with van der Waals surface area (Å²) in [5, 5.41) is 0. The van der Waals surface area contributed by atoms with Gasteiger partial charge < -0.3 is 5.73 Å². The van der Waals surface area contributed by atoms with Gasteiger partial charge in [-0.25, -0.2) is 0 Å². The summed E-state index contributed by atoms with van der Waals surface area (Å²) in [6.07, 6.45) is -4.61. The van der Waals surface area contributed by atoms with E-state index in [2.05, 4.69) is 15.9 Å². The van der Waals surface area contributed by atoms with E-state index < -0.39 is 23.2 Å². The first-order valence-corrected chi connectivity index (χ1v) is 5.47. The molecule has 0 atom stereocenters. The number of halogens is 5. The van der Waals surface area contributed by atoms with E-state index in [1.165, 1.54) is 6.07 Å². The smallest absolute Gasteiger partial charge is 0.366 e. The van der Waals surface area contributed by atoms with Crippen LogP contribution in [0, 0.1) is 3.57 Å². The molecule has 0 fully saturated rings. The summed E-state index contributed by atoms with van der Waals surface area (Å²) in [4.78, 5) is 10.8. The first-order valence-electron chi connectivity index (χ1n) is 3.60. The number of benzene rings is 1. The molecule has 1 aromatic rings. The average molecular weight is 394 g/mol. The molecule has 0 bridgehead atoms. The quantitative estimate of drug-likeness (QED) is 0.732. The van der Waals surface area contributed by atoms with Crippen LogP contribution in [0.25, 0.3) is 0 Å². The first kappa shape index (κ1) is 12.8. The van der Waals surface area contributed by atoms with E-state index in [0.717, 1.165) is 6.07 Å². The van der Waals surface area contributed by atoms with Gasteiger partial charge in [0.2, 0.25) is 5.91 Å². The SMILES string of the molecule is NC(=O)c1ccc(I)c(Br)c1C(F)(F)F. The Kier molecular flexibility index (Phi) is 3.64. The van der Waals surface area contributed by atoms with Gasteiger partial charge in [0.25, 0.3) is 0 Å². The third-order valence-electron chi connectivity index (χ3n) is 1.64. The molecule has 82 valence electrons. The summed E-state index contributed by atoms with van der Waals surface area (Å²) in [7, 11) is 0. The third kappa shape index (κ3) is 2.63. The van der Waals surface area contributed by atoms with Crippen molar-refractivity contribution in [3.05, 3.63) is 31.3 Å². The summed E-state index contributed by atoms with van der Waals surface area (Å²) in [6.45, 7) is 0. The molecule has 1 aromatic carbocycles. The standard InChI is InChI=1S/C8H4BrF3INO/c9-6-4(13)2-1-3(7(14)15)5(6)8(10,11)12/h1-2H,(H2,14,15). The number of carbonyl (C=O) groups is 1. The summed E-state index contributed by atoms with van der Waals surface area (Å²) < 4.78 is 38.0. The average Bonchev–Trinajstić information content (AvgIpc) is 2.06. The Morgan fingerprint density at radius 3 is 2.33 bits per heavy atom. The Morgan fingerprint density at radius 2 is 1.93 bits per heavy atom. The zero-order valence-corrected chi connectivity index (χ0v) is 10.8. The fourth-order valence-corrected chi connectivity index (χ4v) is 2.05. The minimum absolute atomic E-state index is 0.160. The minimum atomic E-state index is -4.61. The van der Waals surface area contributed by atoms with Gasteiger partial charge >= 0.3 is 6.18 Å². The van der Waals surface area contributed by atoms with E-state index in [0.29, 0.717) is 3.57 Å². The van der Waals surface area contributed by atoms with E-state index in [1.54, 1.807) is 22.6 Å². The topological polar surface area (TPSA) is 43.1 Å². The van der Waals surface area contributed by atoms with Crippen LogP contribution in [0.1, 0.15) is 15.9 Å². The molecule has 0 saturated carbocycles. The molecule has 0 saturated heterocycles. The van der Waals surface area contributed by atoms with Gasteiger partial charge in [-0.3, -0.25) is 4.79 Å². The lowest BCUT2D eigenvalue weighted by molar-refractivity contribution is -0.138. The molecule has 0 radical (unpaired) electrons. The van der Waals surface area contributed by atoms with Crippen LogP contribution < -0.4 is 5.73 Å². The maximum Gasteiger partial charge on any atom is 0.418 e. The van der Waals surface area contributed by atoms with E-state index >= 15 is 0 Å². The van der Waals surface area contributed by atoms with Gasteiger partial charge in [-0.15, -0.1) is 0 Å². The van der Waals surface area contributed by atoms with Crippen LogP contribution >= 0.6 is 38.5 Å². The molecule has 15 heavy (non-hydrogen) atoms. The molecule has 1 rings (SSSR count). The fraction of sp³-hybridized carbons (Fsp3) is 0.125. The lowest BCUT2D eigenvalue weighted by Crippen LogP contribution is -2.19. The van der Waals surface area contributed by atoms with Gasteiger partial charge in [-0.05, 0) is 50.7 Å². The van der Waals surface area contributed by atoms with Crippen LogP contribution in [0.15, 0.2) is 16.6 Å². The van der Waals surface area contributed by atoms with Gasteiger partial charge in [-0.1, -0.05) is 0 Å². The zero-order valence-electron chi connectivity index (χ0n) is 7.03. The van der Waals surface area contributed by atoms with E-state index in [1.807, 2.05) is 0 Å². The molecular weight excluding hydrogens is 390 g/mol. The Balaban J connectivity index is 3.57. The second-order valence-corrected chi connectivity index (χ2v) is 4.60. The molecule has 0 aliphatic carbocycles. The number of hydrogen-bond acceptors (Lipinski definition) is 1. The van der Waals surface area contributed by atoms with Crippen molar-refractivity contribution in [3.63, 3.8) is 0 Å². The second kappa shape index (κ2) is 4.28. The van der Waals surface area contributed by atoms with Gasteiger partial charge in [0, 0.05) is 8.04 Å². The van der Waals surface area contributed by atoms with Crippen LogP contribution in [0.2, 0.25) is 0 Å². The normalized spacial score (nSPS) is 11.5. The molecule has 0 spiro atoms. The van der Waals surface area contributed by atoms with Crippen molar-refractivity contribution in [2.45, 2.75) is 6.18 Å². The molecule has 0 aliphatic heterocycles. The summed E-state index contributed by atoms with van der Waals surface area (Å²) in [6, 6.07) is 2.46. The summed E-state index contributed by atoms with van der Waals surface area (Å²) in [5.74, 6) is -1.10. The Labute approximate surface area is 105 Å². The van der Waals surface area contributed by atoms with Gasteiger partial charge in [0.05, 0.1) is 11.1 Å². The highest BCUT2D eigenvalue weighted by molar-refractivity contribution is 14.1. The van der Waals surface area contributed by atoms with E-state index in [-0.39, 0.29) is 4.47 Å². The van der Waals surface area contributed by atoms with Gasteiger partial charge in [0.1, 0.15) is 0 Å². The predicted octanol–water partition coefficient (Wildman–Crippen LogP) is 3.17. The first-order chi connectivity index (χ1) is 6.75. The number of hydrogen-bond donors (Lipinski definition) is 1. The van der Waals surface area contributed by atoms with Crippen molar-refractivity contribution in [3.8, 4) is 0 Å². The van der Waals surface area contributed by atoms with Gasteiger partial charge in [0.15, 0.2) is 0 Å². The highest BCUT2D eigenvalue weighted by Crippen LogP contribution is 2.39. The monoisotopic (exact) mass is 393 g/mol. The number of amides is 1. The predicted molar refractivity (Wildman–Crippen MR) is 60.4 cm³/mol. The molecule has 2 N–H and O–H groups in total. The van der Waals surface area contributed by atoms with Crippen LogP contribution in [-0.4, -0.2) is 5.91 Å². The lowest BCUT2D eigenvalue weighted by atomic mass is 10.1. The Bertz CT molecular complexity index is 419. The van der Waals surface area contributed by atoms with Crippen molar-refractivity contribution in [2.75, 3.05) is 0 Å². The van der Waals surface area contributed by atoms with E-state index in [4.69, 9.17) is 5.73 Å².